The molecule has 2 N–H and O–H groups in total. The molecule has 0 amide bonds. The van der Waals surface area contributed by atoms with Crippen molar-refractivity contribution in [3.63, 3.8) is 0 Å². The van der Waals surface area contributed by atoms with Crippen molar-refractivity contribution < 1.29 is 4.74 Å². The second-order valence-electron chi connectivity index (χ2n) is 4.17. The van der Waals surface area contributed by atoms with Gasteiger partial charge in [0.05, 0.1) is 0 Å². The van der Waals surface area contributed by atoms with Gasteiger partial charge in [0, 0.05) is 6.61 Å². The van der Waals surface area contributed by atoms with Gasteiger partial charge in [0.1, 0.15) is 12.6 Å². The van der Waals surface area contributed by atoms with Crippen LogP contribution in [0.25, 0.3) is 16.0 Å². The molecule has 1 aliphatic rings. The van der Waals surface area contributed by atoms with Crippen molar-refractivity contribution in [1.82, 2.24) is 19.5 Å². The van der Waals surface area contributed by atoms with E-state index in [4.69, 9.17) is 17.0 Å². The highest BCUT2D eigenvalue weighted by Crippen LogP contribution is 2.27. The number of nitrogens with zero attached hydrogens (tertiary/aromatic N) is 5. The zero-order valence-electron chi connectivity index (χ0n) is 9.70. The number of nitrogens with two attached hydrogens (primary N) is 1. The molecule has 1 saturated heterocycles. The molecule has 0 radical (unpaired) electrons. The lowest BCUT2D eigenvalue weighted by Crippen LogP contribution is -2.17. The lowest BCUT2D eigenvalue weighted by Gasteiger charge is -2.23. The summed E-state index contributed by atoms with van der Waals surface area (Å²) in [5.41, 5.74) is 6.86. The van der Waals surface area contributed by atoms with Crippen molar-refractivity contribution in [2.24, 2.45) is 0 Å². The molecule has 18 heavy (non-hydrogen) atoms. The lowest BCUT2D eigenvalue weighted by molar-refractivity contribution is -0.0298. The summed E-state index contributed by atoms with van der Waals surface area (Å²) in [6, 6.07) is 0. The second-order valence-corrected chi connectivity index (χ2v) is 4.17. The summed E-state index contributed by atoms with van der Waals surface area (Å²) >= 11 is 0. The molecule has 2 aromatic heterocycles. The minimum atomic E-state index is -0.0726. The Morgan fingerprint density at radius 1 is 1.44 bits per heavy atom. The van der Waals surface area contributed by atoms with Gasteiger partial charge in [-0.2, -0.15) is 0 Å². The van der Waals surface area contributed by atoms with E-state index in [9.17, 15) is 0 Å². The number of fused-ring (bicyclic) bond motifs is 1. The first-order valence-corrected chi connectivity index (χ1v) is 5.78. The van der Waals surface area contributed by atoms with E-state index in [2.05, 4.69) is 19.8 Å². The average molecular weight is 244 g/mol. The molecule has 2 aromatic rings. The molecule has 7 nitrogen and oxygen atoms in total. The van der Waals surface area contributed by atoms with Crippen molar-refractivity contribution in [2.75, 3.05) is 12.3 Å². The van der Waals surface area contributed by atoms with Crippen LogP contribution in [0.5, 0.6) is 0 Å². The van der Waals surface area contributed by atoms with E-state index in [0.717, 1.165) is 25.9 Å². The van der Waals surface area contributed by atoms with Gasteiger partial charge >= 0.3 is 5.95 Å². The van der Waals surface area contributed by atoms with E-state index >= 15 is 0 Å². The highest BCUT2D eigenvalue weighted by atomic mass is 16.5. The topological polar surface area (TPSA) is 83.2 Å². The smallest absolute Gasteiger partial charge is 0.375 e. The number of anilines is 1. The summed E-state index contributed by atoms with van der Waals surface area (Å²) in [7, 11) is 0. The molecule has 3 heterocycles. The van der Waals surface area contributed by atoms with E-state index in [1.54, 1.807) is 6.33 Å². The molecule has 92 valence electrons. The molecule has 0 aliphatic carbocycles. The van der Waals surface area contributed by atoms with Crippen molar-refractivity contribution in [2.45, 2.75) is 25.5 Å². The number of rotatable bonds is 1. The van der Waals surface area contributed by atoms with E-state index in [1.807, 2.05) is 4.57 Å². The van der Waals surface area contributed by atoms with Gasteiger partial charge in [-0.15, -0.1) is 16.5 Å². The van der Waals surface area contributed by atoms with Crippen LogP contribution in [0.1, 0.15) is 25.5 Å². The number of ether oxygens (including phenoxy) is 1. The Bertz CT molecular complexity index is 622. The van der Waals surface area contributed by atoms with Crippen LogP contribution in [-0.4, -0.2) is 26.1 Å². The third-order valence-electron chi connectivity index (χ3n) is 3.00. The van der Waals surface area contributed by atoms with E-state index in [1.165, 1.54) is 0 Å². The fourth-order valence-corrected chi connectivity index (χ4v) is 2.13. The summed E-state index contributed by atoms with van der Waals surface area (Å²) in [4.78, 5) is 15.5. The SMILES string of the molecule is [C-]#[N+]c1nc(N)c2ncn(C3CCCCO3)c2n1. The van der Waals surface area contributed by atoms with Crippen LogP contribution in [0.2, 0.25) is 0 Å². The maximum absolute atomic E-state index is 6.97. The minimum absolute atomic E-state index is 0.0394. The van der Waals surface area contributed by atoms with Crippen molar-refractivity contribution in [3.8, 4) is 0 Å². The Kier molecular flexibility index (Phi) is 2.57. The predicted molar refractivity (Wildman–Crippen MR) is 64.8 cm³/mol. The molecular formula is C11H12N6O. The minimum Gasteiger partial charge on any atom is -0.394 e. The summed E-state index contributed by atoms with van der Waals surface area (Å²) < 4.78 is 7.52. The van der Waals surface area contributed by atoms with E-state index in [0.29, 0.717) is 11.2 Å². The molecule has 0 spiro atoms. The molecule has 0 aromatic carbocycles. The van der Waals surface area contributed by atoms with Gasteiger partial charge in [-0.25, -0.2) is 4.98 Å². The summed E-state index contributed by atoms with van der Waals surface area (Å²) in [6.07, 6.45) is 4.69. The first-order chi connectivity index (χ1) is 8.79. The molecule has 1 aliphatic heterocycles. The summed E-state index contributed by atoms with van der Waals surface area (Å²) in [5.74, 6) is 0.276. The maximum Gasteiger partial charge on any atom is 0.375 e. The van der Waals surface area contributed by atoms with Gasteiger partial charge in [-0.1, -0.05) is 0 Å². The van der Waals surface area contributed by atoms with Gasteiger partial charge in [0.25, 0.3) is 0 Å². The molecule has 1 atom stereocenters. The number of hydrogen-bond donors (Lipinski definition) is 1. The van der Waals surface area contributed by atoms with Crippen LogP contribution in [0.3, 0.4) is 0 Å². The molecule has 0 bridgehead atoms. The van der Waals surface area contributed by atoms with E-state index in [-0.39, 0.29) is 18.0 Å². The molecule has 0 saturated carbocycles. The standard InChI is InChI=1S/C11H12N6O/c1-13-11-15-9(12)8-10(16-11)17(6-14-8)7-4-2-3-5-18-7/h6-7H,2-5H2,(H2,12,15,16). The zero-order chi connectivity index (χ0) is 12.5. The van der Waals surface area contributed by atoms with Crippen LogP contribution in [0.15, 0.2) is 6.33 Å². The number of imidazole rings is 1. The Morgan fingerprint density at radius 2 is 2.33 bits per heavy atom. The first kappa shape index (κ1) is 10.9. The predicted octanol–water partition coefficient (Wildman–Crippen LogP) is 1.66. The van der Waals surface area contributed by atoms with Gasteiger partial charge in [-0.05, 0) is 19.3 Å². The van der Waals surface area contributed by atoms with Crippen LogP contribution in [0.4, 0.5) is 11.8 Å². The van der Waals surface area contributed by atoms with Gasteiger partial charge in [-0.3, -0.25) is 4.57 Å². The first-order valence-electron chi connectivity index (χ1n) is 5.78. The quantitative estimate of drug-likeness (QED) is 0.771. The number of nitrogen functional groups attached to an aromatic ring is 1. The largest absolute Gasteiger partial charge is 0.394 e. The Balaban J connectivity index is 2.12. The zero-order valence-corrected chi connectivity index (χ0v) is 9.70. The van der Waals surface area contributed by atoms with E-state index < -0.39 is 0 Å². The Morgan fingerprint density at radius 3 is 3.06 bits per heavy atom. The molecular weight excluding hydrogens is 232 g/mol. The average Bonchev–Trinajstić information content (AvgIpc) is 2.84. The van der Waals surface area contributed by atoms with Crippen LogP contribution in [0, 0.1) is 6.57 Å². The van der Waals surface area contributed by atoms with Gasteiger partial charge in [0.15, 0.2) is 5.52 Å². The Labute approximate surface area is 103 Å². The molecule has 7 heteroatoms. The van der Waals surface area contributed by atoms with Gasteiger partial charge < -0.3 is 15.3 Å². The number of aromatic nitrogens is 4. The Hall–Kier alpha value is -2.20. The van der Waals surface area contributed by atoms with Crippen LogP contribution < -0.4 is 5.73 Å². The monoisotopic (exact) mass is 244 g/mol. The summed E-state index contributed by atoms with van der Waals surface area (Å²) in [5, 5.41) is 0. The maximum atomic E-state index is 6.97. The molecule has 1 unspecified atom stereocenters. The van der Waals surface area contributed by atoms with Crippen molar-refractivity contribution in [3.05, 3.63) is 17.7 Å². The lowest BCUT2D eigenvalue weighted by atomic mass is 10.2. The van der Waals surface area contributed by atoms with Crippen LogP contribution >= 0.6 is 0 Å². The highest BCUT2D eigenvalue weighted by Gasteiger charge is 2.22. The molecule has 1 fully saturated rings. The fourth-order valence-electron chi connectivity index (χ4n) is 2.13. The second kappa shape index (κ2) is 4.23. The van der Waals surface area contributed by atoms with Gasteiger partial charge in [0.2, 0.25) is 11.5 Å². The fraction of sp³-hybridized carbons (Fsp3) is 0.455. The van der Waals surface area contributed by atoms with Crippen LogP contribution in [-0.2, 0) is 4.74 Å². The molecule has 3 rings (SSSR count). The van der Waals surface area contributed by atoms with Crippen molar-refractivity contribution >= 4 is 22.9 Å². The third-order valence-corrected chi connectivity index (χ3v) is 3.00. The third kappa shape index (κ3) is 1.67. The summed E-state index contributed by atoms with van der Waals surface area (Å²) in [6.45, 7) is 7.70. The number of hydrogen-bond acceptors (Lipinski definition) is 5. The normalized spacial score (nSPS) is 19.8. The van der Waals surface area contributed by atoms with Crippen molar-refractivity contribution in [1.29, 1.82) is 0 Å². The highest BCUT2D eigenvalue weighted by molar-refractivity contribution is 5.83.